The van der Waals surface area contributed by atoms with Gasteiger partial charge in [0.1, 0.15) is 11.8 Å². The topological polar surface area (TPSA) is 78.1 Å². The predicted molar refractivity (Wildman–Crippen MR) is 109 cm³/mol. The van der Waals surface area contributed by atoms with Crippen molar-refractivity contribution in [3.63, 3.8) is 0 Å². The summed E-state index contributed by atoms with van der Waals surface area (Å²) in [6, 6.07) is 13.7. The second kappa shape index (κ2) is 7.69. The van der Waals surface area contributed by atoms with Crippen LogP contribution in [-0.2, 0) is 12.7 Å². The lowest BCUT2D eigenvalue weighted by atomic mass is 9.98. The molecule has 1 N–H and O–H groups in total. The minimum absolute atomic E-state index is 0.205. The molecular formula is C23H15F3N4O. The Hall–Kier alpha value is -3.99. The van der Waals surface area contributed by atoms with Crippen molar-refractivity contribution in [2.45, 2.75) is 19.6 Å². The van der Waals surface area contributed by atoms with Crippen molar-refractivity contribution in [3.8, 4) is 6.07 Å². The van der Waals surface area contributed by atoms with Crippen molar-refractivity contribution in [2.75, 3.05) is 5.32 Å². The summed E-state index contributed by atoms with van der Waals surface area (Å²) >= 11 is 0. The van der Waals surface area contributed by atoms with Crippen LogP contribution in [0.1, 0.15) is 43.9 Å². The van der Waals surface area contributed by atoms with Crippen LogP contribution < -0.4 is 5.32 Å². The van der Waals surface area contributed by atoms with Gasteiger partial charge in [-0.1, -0.05) is 18.2 Å². The zero-order valence-corrected chi connectivity index (χ0v) is 16.3. The van der Waals surface area contributed by atoms with Gasteiger partial charge in [0.2, 0.25) is 0 Å². The number of nitrogens with zero attached hydrogens (tertiary/aromatic N) is 3. The summed E-state index contributed by atoms with van der Waals surface area (Å²) in [4.78, 5) is 21.1. The van der Waals surface area contributed by atoms with Crippen LogP contribution in [0.2, 0.25) is 0 Å². The number of fused-ring (bicyclic) bond motifs is 1. The molecule has 3 aromatic rings. The van der Waals surface area contributed by atoms with E-state index in [0.717, 1.165) is 23.3 Å². The third-order valence-electron chi connectivity index (χ3n) is 4.94. The lowest BCUT2D eigenvalue weighted by molar-refractivity contribution is -0.137. The third kappa shape index (κ3) is 4.03. The van der Waals surface area contributed by atoms with Crippen molar-refractivity contribution in [3.05, 3.63) is 93.8 Å². The number of halogens is 3. The first kappa shape index (κ1) is 20.3. The Labute approximate surface area is 175 Å². The number of nitrogens with one attached hydrogen (secondary N) is 1. The molecule has 1 aliphatic rings. The summed E-state index contributed by atoms with van der Waals surface area (Å²) in [6.45, 7) is 2.11. The van der Waals surface area contributed by atoms with E-state index >= 15 is 0 Å². The van der Waals surface area contributed by atoms with Crippen molar-refractivity contribution in [2.24, 2.45) is 4.99 Å². The maximum Gasteiger partial charge on any atom is 0.416 e. The molecule has 1 aromatic heterocycles. The van der Waals surface area contributed by atoms with Gasteiger partial charge in [-0.05, 0) is 48.4 Å². The summed E-state index contributed by atoms with van der Waals surface area (Å²) in [5.41, 5.74) is 3.75. The number of nitriles is 1. The average molecular weight is 420 g/mol. The van der Waals surface area contributed by atoms with Crippen molar-refractivity contribution in [1.29, 1.82) is 5.26 Å². The van der Waals surface area contributed by atoms with E-state index in [2.05, 4.69) is 15.3 Å². The van der Waals surface area contributed by atoms with Gasteiger partial charge in [0.15, 0.2) is 0 Å². The Morgan fingerprint density at radius 3 is 2.52 bits per heavy atom. The van der Waals surface area contributed by atoms with Crippen LogP contribution in [0.15, 0.2) is 59.7 Å². The fourth-order valence-electron chi connectivity index (χ4n) is 3.39. The maximum atomic E-state index is 12.8. The Balaban J connectivity index is 1.59. The fourth-order valence-corrected chi connectivity index (χ4v) is 3.39. The predicted octanol–water partition coefficient (Wildman–Crippen LogP) is 4.88. The average Bonchev–Trinajstić information content (AvgIpc) is 3.16. The van der Waals surface area contributed by atoms with Crippen LogP contribution in [0.5, 0.6) is 0 Å². The molecule has 1 amide bonds. The molecule has 2 aromatic carbocycles. The van der Waals surface area contributed by atoms with Gasteiger partial charge in [-0.25, -0.2) is 4.98 Å². The Morgan fingerprint density at radius 2 is 1.87 bits per heavy atom. The number of hydrogen-bond acceptors (Lipinski definition) is 4. The lowest BCUT2D eigenvalue weighted by Crippen LogP contribution is -2.16. The molecule has 0 radical (unpaired) electrons. The van der Waals surface area contributed by atoms with Crippen molar-refractivity contribution < 1.29 is 18.0 Å². The molecule has 0 bridgehead atoms. The molecule has 8 heteroatoms. The highest BCUT2D eigenvalue weighted by Gasteiger charge is 2.30. The molecule has 4 rings (SSSR count). The molecule has 154 valence electrons. The number of pyridine rings is 1. The molecule has 0 atom stereocenters. The monoisotopic (exact) mass is 420 g/mol. The number of carbonyl (C=O) groups excluding carboxylic acids is 1. The van der Waals surface area contributed by atoms with Gasteiger partial charge in [0, 0.05) is 23.0 Å². The van der Waals surface area contributed by atoms with Crippen LogP contribution in [0.25, 0.3) is 0 Å². The summed E-state index contributed by atoms with van der Waals surface area (Å²) in [5, 5.41) is 11.7. The van der Waals surface area contributed by atoms with E-state index in [1.165, 1.54) is 18.3 Å². The molecule has 5 nitrogen and oxygen atoms in total. The number of aryl methyl sites for hydroxylation is 1. The highest BCUT2D eigenvalue weighted by molar-refractivity contribution is 6.16. The van der Waals surface area contributed by atoms with E-state index in [-0.39, 0.29) is 5.69 Å². The highest BCUT2D eigenvalue weighted by atomic mass is 19.4. The summed E-state index contributed by atoms with van der Waals surface area (Å²) < 4.78 is 38.5. The highest BCUT2D eigenvalue weighted by Crippen LogP contribution is 2.31. The lowest BCUT2D eigenvalue weighted by Gasteiger charge is -2.11. The van der Waals surface area contributed by atoms with Gasteiger partial charge in [0.25, 0.3) is 5.91 Å². The molecule has 0 unspecified atom stereocenters. The normalized spacial score (nSPS) is 12.7. The molecule has 0 spiro atoms. The molecule has 0 saturated carbocycles. The van der Waals surface area contributed by atoms with Gasteiger partial charge < -0.3 is 5.32 Å². The Bertz CT molecular complexity index is 1260. The Morgan fingerprint density at radius 1 is 1.13 bits per heavy atom. The molecule has 0 aliphatic carbocycles. The molecular weight excluding hydrogens is 405 g/mol. The first-order valence-corrected chi connectivity index (χ1v) is 9.30. The first-order valence-electron chi connectivity index (χ1n) is 9.30. The number of amides is 1. The van der Waals surface area contributed by atoms with Crippen molar-refractivity contribution >= 4 is 17.3 Å². The van der Waals surface area contributed by atoms with Crippen LogP contribution in [0, 0.1) is 18.3 Å². The van der Waals surface area contributed by atoms with Crippen LogP contribution in [-0.4, -0.2) is 16.6 Å². The van der Waals surface area contributed by atoms with Gasteiger partial charge in [-0.15, -0.1) is 0 Å². The maximum absolute atomic E-state index is 12.8. The second-order valence-electron chi connectivity index (χ2n) is 7.07. The number of aromatic nitrogens is 1. The van der Waals surface area contributed by atoms with Gasteiger partial charge in [-0.3, -0.25) is 9.79 Å². The molecule has 0 fully saturated rings. The molecule has 31 heavy (non-hydrogen) atoms. The zero-order valence-electron chi connectivity index (χ0n) is 16.3. The fraction of sp³-hybridized carbons (Fsp3) is 0.130. The van der Waals surface area contributed by atoms with E-state index in [9.17, 15) is 18.0 Å². The van der Waals surface area contributed by atoms with Gasteiger partial charge in [-0.2, -0.15) is 18.4 Å². The minimum atomic E-state index is -4.40. The number of carbonyl (C=O) groups is 1. The minimum Gasteiger partial charge on any atom is -0.321 e. The molecule has 2 heterocycles. The number of hydrogen-bond donors (Lipinski definition) is 1. The standard InChI is InChI=1S/C23H15F3N4O/c1-13-8-14(10-27)11-28-20(13)22(31)30-18-7-4-16-12-29-21(19(16)9-18)15-2-5-17(6-3-15)23(24,25)26/h2-9,11H,12H2,1H3,(H,30,31). The number of alkyl halides is 3. The number of rotatable bonds is 3. The number of benzene rings is 2. The van der Waals surface area contributed by atoms with Gasteiger partial charge >= 0.3 is 6.18 Å². The Kier molecular flexibility index (Phi) is 5.03. The summed E-state index contributed by atoms with van der Waals surface area (Å²) in [7, 11) is 0. The smallest absolute Gasteiger partial charge is 0.321 e. The van der Waals surface area contributed by atoms with Crippen LogP contribution in [0.3, 0.4) is 0 Å². The first-order chi connectivity index (χ1) is 14.8. The largest absolute Gasteiger partial charge is 0.416 e. The zero-order chi connectivity index (χ0) is 22.2. The van der Waals surface area contributed by atoms with Crippen LogP contribution >= 0.6 is 0 Å². The second-order valence-corrected chi connectivity index (χ2v) is 7.07. The van der Waals surface area contributed by atoms with E-state index < -0.39 is 17.6 Å². The quantitative estimate of drug-likeness (QED) is 0.656. The van der Waals surface area contributed by atoms with Crippen molar-refractivity contribution in [1.82, 2.24) is 4.98 Å². The van der Waals surface area contributed by atoms with E-state index in [4.69, 9.17) is 5.26 Å². The number of anilines is 1. The van der Waals surface area contributed by atoms with E-state index in [1.54, 1.807) is 25.1 Å². The summed E-state index contributed by atoms with van der Waals surface area (Å²) in [6.07, 6.45) is -3.07. The SMILES string of the molecule is Cc1cc(C#N)cnc1C(=O)Nc1ccc2c(c1)C(c1ccc(C(F)(F)F)cc1)=NC2. The number of aliphatic imine (C=N–C) groups is 1. The van der Waals surface area contributed by atoms with Gasteiger partial charge in [0.05, 0.1) is 23.4 Å². The summed E-state index contributed by atoms with van der Waals surface area (Å²) in [5.74, 6) is -0.423. The molecule has 1 aliphatic heterocycles. The van der Waals surface area contributed by atoms with E-state index in [0.29, 0.717) is 34.6 Å². The van der Waals surface area contributed by atoms with E-state index in [1.807, 2.05) is 12.1 Å². The third-order valence-corrected chi connectivity index (χ3v) is 4.94. The van der Waals surface area contributed by atoms with Crippen LogP contribution in [0.4, 0.5) is 18.9 Å². The molecule has 0 saturated heterocycles.